The van der Waals surface area contributed by atoms with E-state index in [-0.39, 0.29) is 5.69 Å². The van der Waals surface area contributed by atoms with Crippen molar-refractivity contribution in [1.82, 2.24) is 9.97 Å². The third-order valence-corrected chi connectivity index (χ3v) is 3.63. The lowest BCUT2D eigenvalue weighted by Crippen LogP contribution is -1.95. The molecule has 2 aromatic rings. The molecule has 0 unspecified atom stereocenters. The number of aryl methyl sites for hydroxylation is 1. The second-order valence-corrected chi connectivity index (χ2v) is 4.93. The minimum atomic E-state index is -0.434. The van der Waals surface area contributed by atoms with Gasteiger partial charge in [0.25, 0.3) is 5.69 Å². The third kappa shape index (κ3) is 2.46. The smallest absolute Gasteiger partial charge is 0.270 e. The Morgan fingerprint density at radius 1 is 1.50 bits per heavy atom. The van der Waals surface area contributed by atoms with Crippen molar-refractivity contribution < 1.29 is 4.92 Å². The summed E-state index contributed by atoms with van der Waals surface area (Å²) < 4.78 is 1.19. The summed E-state index contributed by atoms with van der Waals surface area (Å²) in [5.74, 6) is 0.518. The van der Waals surface area contributed by atoms with E-state index in [1.165, 1.54) is 12.1 Å². The zero-order valence-corrected chi connectivity index (χ0v) is 11.7. The van der Waals surface area contributed by atoms with Crippen molar-refractivity contribution >= 4 is 33.8 Å². The summed E-state index contributed by atoms with van der Waals surface area (Å²) in [4.78, 5) is 17.4. The van der Waals surface area contributed by atoms with E-state index >= 15 is 0 Å². The van der Waals surface area contributed by atoms with Gasteiger partial charge >= 0.3 is 0 Å². The third-order valence-electron chi connectivity index (χ3n) is 2.44. The van der Waals surface area contributed by atoms with E-state index in [1.54, 1.807) is 12.3 Å². The lowest BCUT2D eigenvalue weighted by atomic mass is 10.1. The second-order valence-electron chi connectivity index (χ2n) is 3.67. The molecule has 0 bridgehead atoms. The van der Waals surface area contributed by atoms with Crippen LogP contribution in [0, 0.1) is 21.7 Å². The number of hydrogen-bond acceptors (Lipinski definition) is 4. The van der Waals surface area contributed by atoms with E-state index in [1.807, 2.05) is 6.92 Å². The van der Waals surface area contributed by atoms with Crippen LogP contribution in [-0.2, 0) is 0 Å². The maximum absolute atomic E-state index is 10.8. The fraction of sp³-hybridized carbons (Fsp3) is 0.0909. The Kier molecular flexibility index (Phi) is 3.53. The number of aromatic amines is 1. The highest BCUT2D eigenvalue weighted by atomic mass is 79.9. The lowest BCUT2D eigenvalue weighted by Gasteiger charge is -2.05. The molecule has 0 spiro atoms. The Balaban J connectivity index is 2.62. The molecule has 7 heteroatoms. The maximum Gasteiger partial charge on any atom is 0.270 e. The topological polar surface area (TPSA) is 71.8 Å². The van der Waals surface area contributed by atoms with Crippen LogP contribution in [0.25, 0.3) is 11.4 Å². The number of hydrogen-bond donors (Lipinski definition) is 1. The largest absolute Gasteiger partial charge is 0.330 e. The van der Waals surface area contributed by atoms with Crippen LogP contribution in [0.2, 0.25) is 0 Å². The number of nitro groups is 1. The molecule has 2 rings (SSSR count). The monoisotopic (exact) mass is 325 g/mol. The quantitative estimate of drug-likeness (QED) is 0.518. The van der Waals surface area contributed by atoms with E-state index in [4.69, 9.17) is 12.2 Å². The molecule has 18 heavy (non-hydrogen) atoms. The van der Waals surface area contributed by atoms with Gasteiger partial charge in [0.1, 0.15) is 10.5 Å². The van der Waals surface area contributed by atoms with Crippen LogP contribution < -0.4 is 0 Å². The van der Waals surface area contributed by atoms with Crippen molar-refractivity contribution in [3.05, 3.63) is 49.2 Å². The van der Waals surface area contributed by atoms with Gasteiger partial charge in [0.05, 0.1) is 9.40 Å². The van der Waals surface area contributed by atoms with E-state index in [0.717, 1.165) is 5.56 Å². The number of nitrogens with one attached hydrogen (secondary N) is 1. The minimum Gasteiger partial charge on any atom is -0.330 e. The number of rotatable bonds is 2. The molecule has 1 N–H and O–H groups in total. The standard InChI is InChI=1S/C11H8BrN3O2S/c1-6-2-3-7(15(16)17)4-8(6)10-13-5-9(12)11(18)14-10/h2-5H,1H3,(H,13,14,18). The first-order valence-corrected chi connectivity index (χ1v) is 6.19. The van der Waals surface area contributed by atoms with Crippen molar-refractivity contribution in [2.45, 2.75) is 6.92 Å². The molecule has 0 aliphatic carbocycles. The summed E-state index contributed by atoms with van der Waals surface area (Å²) in [7, 11) is 0. The Labute approximate surface area is 116 Å². The minimum absolute atomic E-state index is 0.0274. The number of nitro benzene ring substituents is 1. The highest BCUT2D eigenvalue weighted by molar-refractivity contribution is 9.10. The van der Waals surface area contributed by atoms with Crippen LogP contribution in [0.1, 0.15) is 5.56 Å². The molecule has 0 radical (unpaired) electrons. The molecule has 0 saturated heterocycles. The van der Waals surface area contributed by atoms with Crippen molar-refractivity contribution in [2.75, 3.05) is 0 Å². The van der Waals surface area contributed by atoms with Gasteiger partial charge in [-0.25, -0.2) is 4.98 Å². The number of nitrogens with zero attached hydrogens (tertiary/aromatic N) is 2. The molecule has 5 nitrogen and oxygen atoms in total. The van der Waals surface area contributed by atoms with E-state index in [0.29, 0.717) is 20.5 Å². The first-order chi connectivity index (χ1) is 8.49. The Morgan fingerprint density at radius 3 is 2.83 bits per heavy atom. The summed E-state index contributed by atoms with van der Waals surface area (Å²) in [6.07, 6.45) is 1.58. The SMILES string of the molecule is Cc1ccc([N+](=O)[O-])cc1-c1ncc(Br)c(=S)[nH]1. The van der Waals surface area contributed by atoms with Crippen molar-refractivity contribution in [3.63, 3.8) is 0 Å². The van der Waals surface area contributed by atoms with Crippen LogP contribution in [0.5, 0.6) is 0 Å². The predicted molar refractivity (Wildman–Crippen MR) is 73.9 cm³/mol. The zero-order chi connectivity index (χ0) is 13.3. The van der Waals surface area contributed by atoms with Gasteiger partial charge in [-0.3, -0.25) is 10.1 Å². The van der Waals surface area contributed by atoms with Gasteiger partial charge in [0.2, 0.25) is 0 Å². The normalized spacial score (nSPS) is 10.3. The Morgan fingerprint density at radius 2 is 2.22 bits per heavy atom. The van der Waals surface area contributed by atoms with Crippen LogP contribution >= 0.6 is 28.1 Å². The highest BCUT2D eigenvalue weighted by Gasteiger charge is 2.11. The molecule has 0 aliphatic rings. The number of non-ortho nitro benzene ring substituents is 1. The summed E-state index contributed by atoms with van der Waals surface area (Å²) in [5.41, 5.74) is 1.59. The molecule has 0 fully saturated rings. The van der Waals surface area contributed by atoms with Gasteiger partial charge in [-0.2, -0.15) is 0 Å². The molecule has 1 aromatic heterocycles. The van der Waals surface area contributed by atoms with Crippen molar-refractivity contribution in [1.29, 1.82) is 0 Å². The molecule has 0 aliphatic heterocycles. The van der Waals surface area contributed by atoms with Gasteiger partial charge in [-0.05, 0) is 28.4 Å². The first kappa shape index (κ1) is 12.8. The molecular formula is C11H8BrN3O2S. The summed E-state index contributed by atoms with van der Waals surface area (Å²) >= 11 is 8.34. The zero-order valence-electron chi connectivity index (χ0n) is 9.31. The highest BCUT2D eigenvalue weighted by Crippen LogP contribution is 2.25. The molecule has 0 saturated carbocycles. The lowest BCUT2D eigenvalue weighted by molar-refractivity contribution is -0.384. The molecule has 1 aromatic carbocycles. The van der Waals surface area contributed by atoms with Crippen LogP contribution in [0.4, 0.5) is 5.69 Å². The van der Waals surface area contributed by atoms with Gasteiger partial charge in [0, 0.05) is 23.9 Å². The summed E-state index contributed by atoms with van der Waals surface area (Å²) in [6, 6.07) is 4.64. The van der Waals surface area contributed by atoms with Gasteiger partial charge < -0.3 is 4.98 Å². The number of H-pyrrole nitrogens is 1. The summed E-state index contributed by atoms with van der Waals surface area (Å²) in [6.45, 7) is 1.86. The van der Waals surface area contributed by atoms with Crippen molar-refractivity contribution in [2.24, 2.45) is 0 Å². The molecule has 1 heterocycles. The van der Waals surface area contributed by atoms with E-state index in [9.17, 15) is 10.1 Å². The fourth-order valence-corrected chi connectivity index (χ4v) is 1.85. The number of benzene rings is 1. The Bertz CT molecular complexity index is 684. The van der Waals surface area contributed by atoms with Crippen molar-refractivity contribution in [3.8, 4) is 11.4 Å². The first-order valence-electron chi connectivity index (χ1n) is 4.99. The van der Waals surface area contributed by atoms with Crippen LogP contribution in [0.15, 0.2) is 28.9 Å². The molecule has 92 valence electrons. The number of aromatic nitrogens is 2. The molecule has 0 atom stereocenters. The maximum atomic E-state index is 10.8. The van der Waals surface area contributed by atoms with Crippen LogP contribution in [0.3, 0.4) is 0 Å². The average Bonchev–Trinajstić information content (AvgIpc) is 2.33. The Hall–Kier alpha value is -1.60. The van der Waals surface area contributed by atoms with Gasteiger partial charge in [-0.1, -0.05) is 18.3 Å². The predicted octanol–water partition coefficient (Wildman–Crippen LogP) is 3.79. The van der Waals surface area contributed by atoms with E-state index in [2.05, 4.69) is 25.9 Å². The van der Waals surface area contributed by atoms with Gasteiger partial charge in [0.15, 0.2) is 0 Å². The average molecular weight is 326 g/mol. The fourth-order valence-electron chi connectivity index (χ4n) is 1.49. The summed E-state index contributed by atoms with van der Waals surface area (Å²) in [5, 5.41) is 10.8. The van der Waals surface area contributed by atoms with Crippen LogP contribution in [-0.4, -0.2) is 14.9 Å². The number of halogens is 1. The van der Waals surface area contributed by atoms with E-state index < -0.39 is 4.92 Å². The second kappa shape index (κ2) is 4.95. The molecule has 0 amide bonds. The van der Waals surface area contributed by atoms with Gasteiger partial charge in [-0.15, -0.1) is 0 Å². The molecular weight excluding hydrogens is 318 g/mol.